The number of hydrogen-bond donors (Lipinski definition) is 12. The molecule has 14 N–H and O–H groups in total. The fraction of sp³-hybridized carbons (Fsp3) is 0.419. The number of thiophene rings is 6. The largest absolute Gasteiger partial charge is 0.393 e. The highest BCUT2D eigenvalue weighted by molar-refractivity contribution is 7.19. The summed E-state index contributed by atoms with van der Waals surface area (Å²) < 4.78 is 32.7. The zero-order valence-electron chi connectivity index (χ0n) is 76.0. The summed E-state index contributed by atoms with van der Waals surface area (Å²) >= 11 is 19.2. The van der Waals surface area contributed by atoms with Gasteiger partial charge in [0.05, 0.1) is 107 Å². The fourth-order valence-electron chi connectivity index (χ4n) is 16.9. The van der Waals surface area contributed by atoms with Gasteiger partial charge in [0.25, 0.3) is 0 Å². The van der Waals surface area contributed by atoms with Crippen LogP contribution in [0.3, 0.4) is 0 Å². The zero-order valence-corrected chi connectivity index (χ0v) is 85.8. The summed E-state index contributed by atoms with van der Waals surface area (Å²) in [5, 5.41) is 59.6. The molecule has 6 saturated carbocycles. The van der Waals surface area contributed by atoms with E-state index >= 15 is 0 Å². The second kappa shape index (κ2) is 42.5. The minimum Gasteiger partial charge on any atom is -0.393 e. The molecule has 18 heterocycles. The summed E-state index contributed by atoms with van der Waals surface area (Å²) in [6.45, 7) is 13.9. The Morgan fingerprint density at radius 2 is 0.496 bits per heavy atom. The summed E-state index contributed by atoms with van der Waals surface area (Å²) in [6, 6.07) is 29.3. The number of fused-ring (bicyclic) bond motifs is 6. The second-order valence-corrected chi connectivity index (χ2v) is 46.7. The highest BCUT2D eigenvalue weighted by atomic mass is 32.1. The molecule has 0 unspecified atom stereocenters. The SMILES string of the molecule is CNC1CC(Nc2nc(Cc3cc(C)ns3)nc3ccsc23)C1.CNC1CC(Nc2nc(Cc3cc(C)ns3)nc3ccsc23)C1.Cc1cc(Cc2nc(NC3CC(C)(O)C3)c3sccc3n2)sn1.Cc1cc(Cc2nc(NC3CC(N)C3)c3sccc3n2)sn1.Cc1cc(Cc2nc(NC3CC(N)C3)c3sccc3n2)sn1.Cc1cc(Cc2nc(NC3CC(O)C3)c3sccc3n2)sn1. The first-order valence-electron chi connectivity index (χ1n) is 45.3. The first kappa shape index (κ1) is 94.5. The van der Waals surface area contributed by atoms with Gasteiger partial charge in [-0.1, -0.05) is 0 Å². The number of nitrogens with one attached hydrogen (secondary N) is 8. The van der Waals surface area contributed by atoms with Gasteiger partial charge in [0, 0.05) is 128 Å². The van der Waals surface area contributed by atoms with Crippen molar-refractivity contribution in [2.24, 2.45) is 11.5 Å². The van der Waals surface area contributed by atoms with Gasteiger partial charge in [-0.2, -0.15) is 26.2 Å². The van der Waals surface area contributed by atoms with E-state index in [0.717, 1.165) is 268 Å². The van der Waals surface area contributed by atoms with E-state index in [0.29, 0.717) is 67.2 Å². The number of aryl methyl sites for hydroxylation is 6. The number of hydrogen-bond acceptors (Lipinski definition) is 42. The normalized spacial score (nSPS) is 21.4. The van der Waals surface area contributed by atoms with Crippen molar-refractivity contribution in [2.75, 3.05) is 46.0 Å². The topological polar surface area (TPSA) is 421 Å². The van der Waals surface area contributed by atoms with Crippen LogP contribution in [0.5, 0.6) is 0 Å². The zero-order chi connectivity index (χ0) is 93.0. The third-order valence-electron chi connectivity index (χ3n) is 24.1. The van der Waals surface area contributed by atoms with E-state index in [1.54, 1.807) is 68.0 Å². The lowest BCUT2D eigenvalue weighted by molar-refractivity contribution is -0.0235. The van der Waals surface area contributed by atoms with Crippen LogP contribution in [0.1, 0.15) is 182 Å². The van der Waals surface area contributed by atoms with Gasteiger partial charge in [0.2, 0.25) is 0 Å². The van der Waals surface area contributed by atoms with E-state index in [1.807, 2.05) is 85.5 Å². The Balaban J connectivity index is 0.000000104. The minimum atomic E-state index is -0.539. The molecule has 18 aromatic heterocycles. The first-order valence-corrected chi connectivity index (χ1v) is 55.2. The molecule has 24 rings (SSSR count). The Morgan fingerprint density at radius 1 is 0.296 bits per heavy atom. The number of aliphatic hydroxyl groups is 2. The Hall–Kier alpha value is -9.42. The van der Waals surface area contributed by atoms with Crippen LogP contribution in [-0.2, 0) is 38.5 Å². The molecule has 0 bridgehead atoms. The molecule has 18 aromatic rings. The van der Waals surface area contributed by atoms with Gasteiger partial charge in [-0.3, -0.25) is 0 Å². The van der Waals surface area contributed by atoms with Crippen molar-refractivity contribution in [1.82, 2.24) is 96.7 Å². The predicted molar refractivity (Wildman–Crippen MR) is 561 cm³/mol. The Labute approximate surface area is 830 Å². The van der Waals surface area contributed by atoms with E-state index < -0.39 is 5.60 Å². The van der Waals surface area contributed by atoms with Crippen molar-refractivity contribution in [2.45, 2.75) is 236 Å². The maximum Gasteiger partial charge on any atom is 0.148 e. The number of anilines is 6. The molecule has 702 valence electrons. The summed E-state index contributed by atoms with van der Waals surface area (Å²) in [4.78, 5) is 63.8. The van der Waals surface area contributed by atoms with Gasteiger partial charge in [-0.05, 0) is 314 Å². The molecule has 0 radical (unpaired) electrons. The molecular formula is C93H106N28O2S12. The number of rotatable bonds is 26. The summed E-state index contributed by atoms with van der Waals surface area (Å²) in [7, 11) is 4.05. The van der Waals surface area contributed by atoms with Gasteiger partial charge < -0.3 is 64.2 Å². The van der Waals surface area contributed by atoms with E-state index in [9.17, 15) is 10.2 Å². The standard InChI is InChI=1S/2C16H19N5S2.C16H18N4OS2.2C15H17N5S2.C15H16N4OS2/c2*1-9-5-12(23-21-9)8-14-19-13-3-4-22-15(13)16(20-14)18-11-6-10(7-11)17-2;1-9-5-11(23-20-9)6-13-18-12-3-4-22-14(12)15(19-13)17-10-7-16(2,21)8-10;2*1-8-4-11(22-20-8)7-13-18-12-2-3-21-14(12)15(19-13)17-10-5-9(16)6-10;1-8-4-11(22-19-8)7-13-17-12-2-3-21-14(12)15(18-13)16-9-5-10(20)6-9/h2*3-5,10-11,17H,6-8H2,1-2H3,(H,18,19,20);3-5,10,21H,6-8H2,1-2H3,(H,17,18,19);2*2-4,9-10H,5-7,16H2,1H3,(H,17,18,19);2-4,9-10,20H,5-7H2,1H3,(H,16,17,18). The lowest BCUT2D eigenvalue weighted by atomic mass is 9.77. The highest BCUT2D eigenvalue weighted by Crippen LogP contribution is 2.40. The van der Waals surface area contributed by atoms with E-state index in [1.165, 1.54) is 98.5 Å². The first-order chi connectivity index (χ1) is 65.4. The van der Waals surface area contributed by atoms with Crippen LogP contribution >= 0.6 is 137 Å². The molecule has 0 spiro atoms. The lowest BCUT2D eigenvalue weighted by Gasteiger charge is -2.41. The number of aliphatic hydroxyl groups excluding tert-OH is 1. The number of aromatic nitrogens is 18. The van der Waals surface area contributed by atoms with Crippen molar-refractivity contribution in [3.05, 3.63) is 203 Å². The number of nitrogens with two attached hydrogens (primary N) is 2. The molecule has 135 heavy (non-hydrogen) atoms. The molecule has 6 aliphatic carbocycles. The average molecular weight is 2030 g/mol. The van der Waals surface area contributed by atoms with Gasteiger partial charge in [0.1, 0.15) is 69.9 Å². The molecule has 6 aliphatic rings. The van der Waals surface area contributed by atoms with Gasteiger partial charge in [-0.25, -0.2) is 59.8 Å². The Bertz CT molecular complexity index is 6580. The predicted octanol–water partition coefficient (Wildman–Crippen LogP) is 18.7. The lowest BCUT2D eigenvalue weighted by Crippen LogP contribution is -2.48. The molecule has 0 saturated heterocycles. The van der Waals surface area contributed by atoms with Crippen LogP contribution in [0, 0.1) is 41.5 Å². The molecule has 0 aromatic carbocycles. The molecule has 30 nitrogen and oxygen atoms in total. The van der Waals surface area contributed by atoms with E-state index in [2.05, 4.69) is 171 Å². The quantitative estimate of drug-likeness (QED) is 0.0239. The minimum absolute atomic E-state index is 0.169. The van der Waals surface area contributed by atoms with Crippen LogP contribution in [0.15, 0.2) is 105 Å². The monoisotopic (exact) mass is 2030 g/mol. The van der Waals surface area contributed by atoms with Crippen LogP contribution in [-0.4, -0.2) is 182 Å². The van der Waals surface area contributed by atoms with Gasteiger partial charge in [-0.15, -0.1) is 68.0 Å². The molecular weight excluding hydrogens is 1930 g/mol. The van der Waals surface area contributed by atoms with E-state index in [-0.39, 0.29) is 12.1 Å². The van der Waals surface area contributed by atoms with Crippen molar-refractivity contribution in [3.8, 4) is 0 Å². The summed E-state index contributed by atoms with van der Waals surface area (Å²) in [5.41, 5.74) is 23.6. The van der Waals surface area contributed by atoms with Crippen LogP contribution in [0.2, 0.25) is 0 Å². The highest BCUT2D eigenvalue weighted by Gasteiger charge is 2.39. The van der Waals surface area contributed by atoms with Crippen molar-refractivity contribution < 1.29 is 10.2 Å². The second-order valence-electron chi connectivity index (χ2n) is 35.9. The van der Waals surface area contributed by atoms with Crippen LogP contribution < -0.4 is 54.0 Å². The molecule has 0 aliphatic heterocycles. The molecule has 0 atom stereocenters. The fourth-order valence-corrected chi connectivity index (χ4v) is 26.0. The van der Waals surface area contributed by atoms with Crippen molar-refractivity contribution >= 4 is 233 Å². The third-order valence-corrected chi connectivity index (χ3v) is 34.8. The number of nitrogens with zero attached hydrogens (tertiary/aromatic N) is 18. The van der Waals surface area contributed by atoms with Crippen molar-refractivity contribution in [3.63, 3.8) is 0 Å². The van der Waals surface area contributed by atoms with Crippen molar-refractivity contribution in [1.29, 1.82) is 0 Å². The molecule has 42 heteroatoms. The maximum atomic E-state index is 9.91. The Kier molecular flexibility index (Phi) is 29.8. The van der Waals surface area contributed by atoms with Crippen LogP contribution in [0.25, 0.3) is 61.3 Å². The molecule has 6 fully saturated rings. The summed E-state index contributed by atoms with van der Waals surface area (Å²) in [6.07, 6.45) is 16.0. The van der Waals surface area contributed by atoms with E-state index in [4.69, 9.17) is 51.3 Å². The maximum absolute atomic E-state index is 9.91. The Morgan fingerprint density at radius 3 is 0.674 bits per heavy atom. The third kappa shape index (κ3) is 24.1. The molecule has 0 amide bonds. The van der Waals surface area contributed by atoms with Crippen LogP contribution in [0.4, 0.5) is 34.9 Å². The van der Waals surface area contributed by atoms with Gasteiger partial charge >= 0.3 is 0 Å². The average Bonchev–Trinajstić information content (AvgIpc) is 1.58. The summed E-state index contributed by atoms with van der Waals surface area (Å²) in [5.74, 6) is 10.7. The smallest absolute Gasteiger partial charge is 0.148 e. The van der Waals surface area contributed by atoms with Gasteiger partial charge in [0.15, 0.2) is 0 Å².